The third-order valence-corrected chi connectivity index (χ3v) is 10.8. The molecule has 1 heterocycles. The Morgan fingerprint density at radius 3 is 1.53 bits per heavy atom. The first-order valence-corrected chi connectivity index (χ1v) is 23.6. The molecule has 0 radical (unpaired) electrons. The quantitative estimate of drug-likeness (QED) is 0.0268. The lowest BCUT2D eigenvalue weighted by Crippen LogP contribution is -2.59. The molecule has 58 heavy (non-hydrogen) atoms. The average molecular weight is 823 g/mol. The number of hydrogen-bond acceptors (Lipinski definition) is 10. The minimum absolute atomic E-state index is 0.212. The third kappa shape index (κ3) is 30.0. The van der Waals surface area contributed by atoms with Crippen LogP contribution in [-0.2, 0) is 28.5 Å². The van der Waals surface area contributed by atoms with Crippen LogP contribution in [0.1, 0.15) is 200 Å². The lowest BCUT2D eigenvalue weighted by atomic mass is 9.99. The molecule has 10 nitrogen and oxygen atoms in total. The maximum Gasteiger partial charge on any atom is 0.306 e. The first kappa shape index (κ1) is 53.9. The van der Waals surface area contributed by atoms with Gasteiger partial charge in [-0.15, -0.1) is 0 Å². The van der Waals surface area contributed by atoms with Crippen molar-refractivity contribution in [2.75, 3.05) is 19.8 Å². The van der Waals surface area contributed by atoms with Gasteiger partial charge in [-0.3, -0.25) is 9.59 Å². The number of aliphatic hydroxyl groups is 4. The number of esters is 2. The zero-order chi connectivity index (χ0) is 42.3. The van der Waals surface area contributed by atoms with E-state index in [9.17, 15) is 30.0 Å². The van der Waals surface area contributed by atoms with Crippen molar-refractivity contribution in [1.29, 1.82) is 0 Å². The molecule has 1 aliphatic heterocycles. The number of aliphatic hydroxyl groups excluding tert-OH is 4. The molecule has 1 rings (SSSR count). The molecule has 1 saturated heterocycles. The van der Waals surface area contributed by atoms with Gasteiger partial charge >= 0.3 is 11.9 Å². The van der Waals surface area contributed by atoms with Crippen LogP contribution in [0.3, 0.4) is 0 Å². The highest BCUT2D eigenvalue weighted by atomic mass is 16.7. The molecular weight excluding hydrogens is 737 g/mol. The van der Waals surface area contributed by atoms with Gasteiger partial charge in [-0.2, -0.15) is 0 Å². The number of carbonyl (C=O) groups is 2. The Morgan fingerprint density at radius 2 is 1.02 bits per heavy atom. The second kappa shape index (κ2) is 39.1. The number of ether oxygens (including phenoxy) is 4. The molecule has 0 aromatic heterocycles. The number of unbranched alkanes of at least 4 members (excludes halogenated alkanes) is 22. The van der Waals surface area contributed by atoms with E-state index in [2.05, 4.69) is 50.3 Å². The van der Waals surface area contributed by atoms with E-state index in [-0.39, 0.29) is 32.0 Å². The Morgan fingerprint density at radius 1 is 0.552 bits per heavy atom. The van der Waals surface area contributed by atoms with Gasteiger partial charge < -0.3 is 39.4 Å². The zero-order valence-electron chi connectivity index (χ0n) is 36.8. The van der Waals surface area contributed by atoms with Crippen molar-refractivity contribution in [2.45, 2.75) is 237 Å². The topological polar surface area (TPSA) is 152 Å². The molecule has 0 bridgehead atoms. The van der Waals surface area contributed by atoms with E-state index < -0.39 is 49.4 Å². The van der Waals surface area contributed by atoms with E-state index in [1.165, 1.54) is 96.3 Å². The summed E-state index contributed by atoms with van der Waals surface area (Å²) in [5.41, 5.74) is 0. The molecule has 1 aliphatic rings. The minimum Gasteiger partial charge on any atom is -0.462 e. The average Bonchev–Trinajstić information content (AvgIpc) is 3.22. The summed E-state index contributed by atoms with van der Waals surface area (Å²) >= 11 is 0. The molecule has 0 saturated carbocycles. The van der Waals surface area contributed by atoms with Gasteiger partial charge in [0, 0.05) is 12.8 Å². The highest BCUT2D eigenvalue weighted by molar-refractivity contribution is 5.70. The second-order valence-electron chi connectivity index (χ2n) is 16.2. The van der Waals surface area contributed by atoms with Crippen molar-refractivity contribution in [1.82, 2.24) is 0 Å². The molecular formula is C48H86O10. The van der Waals surface area contributed by atoms with E-state index in [0.717, 1.165) is 70.6 Å². The maximum atomic E-state index is 12.8. The zero-order valence-corrected chi connectivity index (χ0v) is 36.8. The Hall–Kier alpha value is -2.08. The molecule has 4 N–H and O–H groups in total. The van der Waals surface area contributed by atoms with E-state index in [1.54, 1.807) is 0 Å². The van der Waals surface area contributed by atoms with Crippen molar-refractivity contribution in [2.24, 2.45) is 0 Å². The van der Waals surface area contributed by atoms with Crippen LogP contribution in [0, 0.1) is 0 Å². The molecule has 0 spiro atoms. The SMILES string of the molecule is CC/C=C\C/C=C\C/C=C\CCCCCCCC(=O)OC(COC(=O)CCCCCCCCCCCCCCCCCCCC)COC1OC(CO)C(O)C(O)C1O. The normalized spacial score (nSPS) is 20.4. The highest BCUT2D eigenvalue weighted by Crippen LogP contribution is 2.23. The van der Waals surface area contributed by atoms with E-state index in [1.807, 2.05) is 0 Å². The van der Waals surface area contributed by atoms with Crippen LogP contribution in [0.25, 0.3) is 0 Å². The van der Waals surface area contributed by atoms with Crippen LogP contribution < -0.4 is 0 Å². The van der Waals surface area contributed by atoms with Gasteiger partial charge in [0.1, 0.15) is 31.0 Å². The summed E-state index contributed by atoms with van der Waals surface area (Å²) in [5.74, 6) is -0.820. The predicted octanol–water partition coefficient (Wildman–Crippen LogP) is 10.3. The lowest BCUT2D eigenvalue weighted by molar-refractivity contribution is -0.305. The fraction of sp³-hybridized carbons (Fsp3) is 0.833. The number of hydrogen-bond donors (Lipinski definition) is 4. The Balaban J connectivity index is 2.30. The Kier molecular flexibility index (Phi) is 36.3. The molecule has 10 heteroatoms. The first-order valence-electron chi connectivity index (χ1n) is 23.6. The summed E-state index contributed by atoms with van der Waals surface area (Å²) in [6.45, 7) is 3.31. The number of carbonyl (C=O) groups excluding carboxylic acids is 2. The summed E-state index contributed by atoms with van der Waals surface area (Å²) in [4.78, 5) is 25.4. The molecule has 0 aliphatic carbocycles. The van der Waals surface area contributed by atoms with Gasteiger partial charge in [-0.1, -0.05) is 179 Å². The van der Waals surface area contributed by atoms with Crippen molar-refractivity contribution < 1.29 is 49.0 Å². The van der Waals surface area contributed by atoms with Crippen molar-refractivity contribution >= 4 is 11.9 Å². The van der Waals surface area contributed by atoms with Crippen molar-refractivity contribution in [3.8, 4) is 0 Å². The largest absolute Gasteiger partial charge is 0.462 e. The van der Waals surface area contributed by atoms with Gasteiger partial charge in [0.05, 0.1) is 13.2 Å². The fourth-order valence-electron chi connectivity index (χ4n) is 7.09. The summed E-state index contributed by atoms with van der Waals surface area (Å²) in [7, 11) is 0. The van der Waals surface area contributed by atoms with E-state index in [0.29, 0.717) is 6.42 Å². The van der Waals surface area contributed by atoms with Crippen LogP contribution in [0.2, 0.25) is 0 Å². The molecule has 338 valence electrons. The van der Waals surface area contributed by atoms with Gasteiger partial charge in [0.2, 0.25) is 0 Å². The van der Waals surface area contributed by atoms with Crippen LogP contribution in [0.4, 0.5) is 0 Å². The molecule has 1 fully saturated rings. The summed E-state index contributed by atoms with van der Waals surface area (Å²) in [6, 6.07) is 0. The van der Waals surface area contributed by atoms with E-state index in [4.69, 9.17) is 18.9 Å². The molecule has 6 atom stereocenters. The number of rotatable bonds is 39. The standard InChI is InChI=1S/C48H86O10/c1-3-5-7-9-11-13-15-17-19-20-21-23-24-26-28-30-32-34-36-43(50)55-39-41(40-56-48-47(54)46(53)45(52)42(38-49)58-48)57-44(51)37-35-33-31-29-27-25-22-18-16-14-12-10-8-6-4-2/h6,8,12,14,18,22,41-42,45-49,52-54H,3-5,7,9-11,13,15-17,19-21,23-40H2,1-2H3/b8-6-,14-12-,22-18-. The summed E-state index contributed by atoms with van der Waals surface area (Å²) in [6.07, 6.45) is 37.2. The van der Waals surface area contributed by atoms with Gasteiger partial charge in [0.15, 0.2) is 12.4 Å². The smallest absolute Gasteiger partial charge is 0.306 e. The van der Waals surface area contributed by atoms with Gasteiger partial charge in [-0.25, -0.2) is 0 Å². The molecule has 0 aromatic rings. The Labute approximate surface area is 353 Å². The Bertz CT molecular complexity index is 1040. The molecule has 6 unspecified atom stereocenters. The minimum atomic E-state index is -1.60. The molecule has 0 amide bonds. The van der Waals surface area contributed by atoms with Crippen LogP contribution in [0.15, 0.2) is 36.5 Å². The molecule has 0 aromatic carbocycles. The first-order chi connectivity index (χ1) is 28.3. The van der Waals surface area contributed by atoms with Crippen LogP contribution >= 0.6 is 0 Å². The highest BCUT2D eigenvalue weighted by Gasteiger charge is 2.44. The summed E-state index contributed by atoms with van der Waals surface area (Å²) in [5, 5.41) is 40.1. The lowest BCUT2D eigenvalue weighted by Gasteiger charge is -2.39. The predicted molar refractivity (Wildman–Crippen MR) is 233 cm³/mol. The fourth-order valence-corrected chi connectivity index (χ4v) is 7.09. The van der Waals surface area contributed by atoms with E-state index >= 15 is 0 Å². The van der Waals surface area contributed by atoms with Gasteiger partial charge in [-0.05, 0) is 44.9 Å². The van der Waals surface area contributed by atoms with Crippen LogP contribution in [-0.4, -0.2) is 89.0 Å². The second-order valence-corrected chi connectivity index (χ2v) is 16.2. The number of allylic oxidation sites excluding steroid dienone is 6. The monoisotopic (exact) mass is 823 g/mol. The van der Waals surface area contributed by atoms with Crippen molar-refractivity contribution in [3.05, 3.63) is 36.5 Å². The third-order valence-electron chi connectivity index (χ3n) is 10.8. The van der Waals surface area contributed by atoms with Crippen molar-refractivity contribution in [3.63, 3.8) is 0 Å². The van der Waals surface area contributed by atoms with Crippen LogP contribution in [0.5, 0.6) is 0 Å². The maximum absolute atomic E-state index is 12.8. The van der Waals surface area contributed by atoms with Gasteiger partial charge in [0.25, 0.3) is 0 Å². The summed E-state index contributed by atoms with van der Waals surface area (Å²) < 4.78 is 22.2.